The van der Waals surface area contributed by atoms with Gasteiger partial charge >= 0.3 is 0 Å². The molecule has 0 aliphatic carbocycles. The van der Waals surface area contributed by atoms with Crippen molar-refractivity contribution in [2.24, 2.45) is 0 Å². The molecule has 0 heterocycles. The van der Waals surface area contributed by atoms with E-state index in [9.17, 15) is 9.59 Å². The Labute approximate surface area is 352 Å². The Hall–Kier alpha value is -1.14. The zero-order valence-corrected chi connectivity index (χ0v) is 39.4. The Morgan fingerprint density at radius 1 is 0.304 bits per heavy atom. The summed E-state index contributed by atoms with van der Waals surface area (Å²) in [4.78, 5) is 24.8. The number of quaternary nitrogens is 2. The van der Waals surface area contributed by atoms with Crippen LogP contribution in [0.15, 0.2) is 0 Å². The zero-order valence-electron chi connectivity index (χ0n) is 39.4. The molecule has 0 saturated heterocycles. The summed E-state index contributed by atoms with van der Waals surface area (Å²) in [6.45, 7) is 25.4. The third-order valence-corrected chi connectivity index (χ3v) is 13.5. The molecule has 0 aromatic heterocycles. The first-order chi connectivity index (χ1) is 27.4. The predicted molar refractivity (Wildman–Crippen MR) is 247 cm³/mol. The normalized spacial score (nSPS) is 12.0. The van der Waals surface area contributed by atoms with Crippen LogP contribution in [0.3, 0.4) is 0 Å². The lowest BCUT2D eigenvalue weighted by atomic mass is 10.1. The first-order valence-corrected chi connectivity index (χ1v) is 25.6. The minimum atomic E-state index is 0.259. The van der Waals surface area contributed by atoms with Crippen LogP contribution < -0.4 is 10.6 Å². The number of amides is 2. The second-order valence-electron chi connectivity index (χ2n) is 17.9. The summed E-state index contributed by atoms with van der Waals surface area (Å²) in [5.74, 6) is 0.518. The van der Waals surface area contributed by atoms with E-state index in [0.717, 1.165) is 38.8 Å². The number of hydrogen-bond donors (Lipinski definition) is 2. The lowest BCUT2D eigenvalue weighted by Crippen LogP contribution is -2.49. The first-order valence-electron chi connectivity index (χ1n) is 25.6. The van der Waals surface area contributed by atoms with Crippen molar-refractivity contribution in [3.63, 3.8) is 0 Å². The Kier molecular flexibility index (Phi) is 39.8. The molecule has 0 bridgehead atoms. The van der Waals surface area contributed by atoms with Crippen molar-refractivity contribution < 1.29 is 18.6 Å². The van der Waals surface area contributed by atoms with Crippen LogP contribution in [-0.4, -0.2) is 86.2 Å². The highest BCUT2D eigenvalue weighted by atomic mass is 16.2. The number of carbonyl (C=O) groups excluding carboxylic acids is 2. The molecule has 0 rings (SSSR count). The van der Waals surface area contributed by atoms with Gasteiger partial charge in [0, 0.05) is 38.8 Å². The molecule has 0 unspecified atom stereocenters. The molecule has 6 heteroatoms. The van der Waals surface area contributed by atoms with Crippen LogP contribution in [0, 0.1) is 0 Å². The molecule has 0 spiro atoms. The fourth-order valence-electron chi connectivity index (χ4n) is 8.90. The second-order valence-corrected chi connectivity index (χ2v) is 17.9. The van der Waals surface area contributed by atoms with Crippen LogP contribution >= 0.6 is 0 Å². The largest absolute Gasteiger partial charge is 0.356 e. The number of carbonyl (C=O) groups is 2. The summed E-state index contributed by atoms with van der Waals surface area (Å²) in [6, 6.07) is 0. The van der Waals surface area contributed by atoms with E-state index >= 15 is 0 Å². The van der Waals surface area contributed by atoms with Gasteiger partial charge in [0.05, 0.1) is 52.4 Å². The van der Waals surface area contributed by atoms with Crippen molar-refractivity contribution in [3.8, 4) is 0 Å². The summed E-state index contributed by atoms with van der Waals surface area (Å²) >= 11 is 0. The van der Waals surface area contributed by atoms with E-state index in [1.807, 2.05) is 0 Å². The molecular weight excluding hydrogens is 689 g/mol. The van der Waals surface area contributed by atoms with E-state index in [1.54, 1.807) is 0 Å². The van der Waals surface area contributed by atoms with Crippen LogP contribution in [0.1, 0.15) is 247 Å². The fourth-order valence-corrected chi connectivity index (χ4v) is 8.90. The molecule has 0 radical (unpaired) electrons. The van der Waals surface area contributed by atoms with E-state index in [2.05, 4.69) is 52.2 Å². The molecule has 0 fully saturated rings. The van der Waals surface area contributed by atoms with Crippen molar-refractivity contribution in [2.75, 3.05) is 65.4 Å². The lowest BCUT2D eigenvalue weighted by Gasteiger charge is -2.37. The quantitative estimate of drug-likeness (QED) is 0.0477. The SMILES string of the molecule is CCCCCCCCCCCCCC(=O)NCCC[N+](CC)(CC)CCCCCCCC[N+](CC)(CC)CCCNC(=O)CCCCCCCCCCCCC. The molecule has 2 N–H and O–H groups in total. The van der Waals surface area contributed by atoms with Crippen LogP contribution in [0.4, 0.5) is 0 Å². The Balaban J connectivity index is 3.96. The second kappa shape index (κ2) is 40.6. The summed E-state index contributed by atoms with van der Waals surface area (Å²) in [5.41, 5.74) is 0. The van der Waals surface area contributed by atoms with E-state index in [4.69, 9.17) is 0 Å². The van der Waals surface area contributed by atoms with Gasteiger partial charge in [-0.3, -0.25) is 9.59 Å². The Bertz CT molecular complexity index is 773. The zero-order chi connectivity index (χ0) is 41.3. The Morgan fingerprint density at radius 3 is 0.804 bits per heavy atom. The van der Waals surface area contributed by atoms with Crippen LogP contribution in [0.25, 0.3) is 0 Å². The van der Waals surface area contributed by atoms with Gasteiger partial charge in [0.1, 0.15) is 0 Å². The standard InChI is InChI=1S/C50H102N4O2/c1-7-13-15-17-19-21-23-25-27-31-35-41-49(55)51-43-39-47-53(9-3,10-4)45-37-33-29-30-34-38-46-54(11-5,12-6)48-40-44-52-50(56)42-36-32-28-26-24-22-20-18-16-14-8-2/h7-48H2,1-6H3/p+2. The molecule has 56 heavy (non-hydrogen) atoms. The van der Waals surface area contributed by atoms with Crippen LogP contribution in [0.2, 0.25) is 0 Å². The van der Waals surface area contributed by atoms with E-state index in [0.29, 0.717) is 12.8 Å². The molecule has 0 aliphatic rings. The lowest BCUT2D eigenvalue weighted by molar-refractivity contribution is -0.925. The number of nitrogens with zero attached hydrogens (tertiary/aromatic N) is 2. The number of unbranched alkanes of at least 4 members (excludes halogenated alkanes) is 25. The van der Waals surface area contributed by atoms with Gasteiger partial charge < -0.3 is 19.6 Å². The smallest absolute Gasteiger partial charge is 0.219 e. The fraction of sp³-hybridized carbons (Fsp3) is 0.960. The third-order valence-electron chi connectivity index (χ3n) is 13.5. The molecule has 0 saturated carbocycles. The van der Waals surface area contributed by atoms with Crippen molar-refractivity contribution in [2.45, 2.75) is 247 Å². The average Bonchev–Trinajstić information content (AvgIpc) is 3.21. The average molecular weight is 793 g/mol. The summed E-state index contributed by atoms with van der Waals surface area (Å²) in [5, 5.41) is 6.45. The van der Waals surface area contributed by atoms with Gasteiger partial charge in [-0.15, -0.1) is 0 Å². The van der Waals surface area contributed by atoms with Gasteiger partial charge in [-0.1, -0.05) is 155 Å². The van der Waals surface area contributed by atoms with Crippen molar-refractivity contribution in [1.29, 1.82) is 0 Å². The summed E-state index contributed by atoms with van der Waals surface area (Å²) in [7, 11) is 0. The highest BCUT2D eigenvalue weighted by molar-refractivity contribution is 5.76. The van der Waals surface area contributed by atoms with Crippen molar-refractivity contribution in [3.05, 3.63) is 0 Å². The van der Waals surface area contributed by atoms with Crippen LogP contribution in [0.5, 0.6) is 0 Å². The molecule has 6 nitrogen and oxygen atoms in total. The molecular formula is C50H104N4O2+2. The molecule has 0 aliphatic heterocycles. The monoisotopic (exact) mass is 793 g/mol. The minimum absolute atomic E-state index is 0.259. The van der Waals surface area contributed by atoms with Crippen molar-refractivity contribution >= 4 is 11.8 Å². The first kappa shape index (κ1) is 54.9. The van der Waals surface area contributed by atoms with Gasteiger partial charge in [-0.2, -0.15) is 0 Å². The molecule has 2 amide bonds. The van der Waals surface area contributed by atoms with Crippen LogP contribution in [-0.2, 0) is 9.59 Å². The van der Waals surface area contributed by atoms with Gasteiger partial charge in [-0.05, 0) is 66.2 Å². The maximum absolute atomic E-state index is 12.4. The maximum Gasteiger partial charge on any atom is 0.219 e. The van der Waals surface area contributed by atoms with Gasteiger partial charge in [-0.25, -0.2) is 0 Å². The maximum atomic E-state index is 12.4. The molecule has 0 atom stereocenters. The summed E-state index contributed by atoms with van der Waals surface area (Å²) in [6.07, 6.45) is 40.8. The van der Waals surface area contributed by atoms with Gasteiger partial charge in [0.25, 0.3) is 0 Å². The predicted octanol–water partition coefficient (Wildman–Crippen LogP) is 13.5. The number of nitrogens with one attached hydrogen (secondary N) is 2. The Morgan fingerprint density at radius 2 is 0.536 bits per heavy atom. The topological polar surface area (TPSA) is 58.2 Å². The van der Waals surface area contributed by atoms with E-state index in [1.165, 1.54) is 228 Å². The van der Waals surface area contributed by atoms with E-state index in [-0.39, 0.29) is 11.8 Å². The van der Waals surface area contributed by atoms with Gasteiger partial charge in [0.2, 0.25) is 11.8 Å². The highest BCUT2D eigenvalue weighted by Crippen LogP contribution is 2.17. The number of hydrogen-bond acceptors (Lipinski definition) is 2. The molecule has 334 valence electrons. The van der Waals surface area contributed by atoms with E-state index < -0.39 is 0 Å². The molecule has 0 aromatic carbocycles. The third kappa shape index (κ3) is 32.8. The van der Waals surface area contributed by atoms with Crippen molar-refractivity contribution in [1.82, 2.24) is 10.6 Å². The molecule has 0 aromatic rings. The van der Waals surface area contributed by atoms with Gasteiger partial charge in [0.15, 0.2) is 0 Å². The summed E-state index contributed by atoms with van der Waals surface area (Å²) < 4.78 is 2.39. The minimum Gasteiger partial charge on any atom is -0.356 e. The number of rotatable bonds is 45. The highest BCUT2D eigenvalue weighted by Gasteiger charge is 2.23.